The van der Waals surface area contributed by atoms with Gasteiger partial charge in [0.05, 0.1) is 11.3 Å². The van der Waals surface area contributed by atoms with E-state index in [1.54, 1.807) is 47.5 Å². The van der Waals surface area contributed by atoms with E-state index in [4.69, 9.17) is 9.47 Å². The number of benzene rings is 2. The summed E-state index contributed by atoms with van der Waals surface area (Å²) in [6.07, 6.45) is 5.03. The Balaban J connectivity index is 1.38. The summed E-state index contributed by atoms with van der Waals surface area (Å²) in [4.78, 5) is 32.2. The van der Waals surface area contributed by atoms with Gasteiger partial charge in [-0.1, -0.05) is 18.2 Å². The van der Waals surface area contributed by atoms with Crippen molar-refractivity contribution in [2.24, 2.45) is 0 Å². The second-order valence-corrected chi connectivity index (χ2v) is 8.14. The monoisotopic (exact) mass is 483 g/mol. The van der Waals surface area contributed by atoms with Crippen LogP contribution in [0.3, 0.4) is 0 Å². The molecule has 5 rings (SSSR count). The third kappa shape index (κ3) is 4.90. The molecule has 9 nitrogen and oxygen atoms in total. The third-order valence-corrected chi connectivity index (χ3v) is 5.73. The van der Waals surface area contributed by atoms with Gasteiger partial charge in [-0.15, -0.1) is 0 Å². The predicted octanol–water partition coefficient (Wildman–Crippen LogP) is 3.81. The van der Waals surface area contributed by atoms with Crippen LogP contribution in [0.1, 0.15) is 17.3 Å². The minimum absolute atomic E-state index is 0.118. The molecular weight excluding hydrogens is 458 g/mol. The van der Waals surface area contributed by atoms with Crippen LogP contribution in [-0.4, -0.2) is 57.8 Å². The molecule has 2 aromatic heterocycles. The van der Waals surface area contributed by atoms with Gasteiger partial charge in [0.1, 0.15) is 25.5 Å². The second kappa shape index (κ2) is 10.3. The molecule has 1 aliphatic heterocycles. The molecule has 0 spiro atoms. The number of hydrogen-bond acceptors (Lipinski definition) is 6. The molecule has 0 radical (unpaired) electrons. The molecule has 0 saturated carbocycles. The van der Waals surface area contributed by atoms with Crippen LogP contribution in [0.15, 0.2) is 79.3 Å². The maximum absolute atomic E-state index is 13.6. The van der Waals surface area contributed by atoms with Crippen LogP contribution in [0.4, 0.5) is 5.69 Å². The van der Waals surface area contributed by atoms with Crippen molar-refractivity contribution in [2.75, 3.05) is 31.6 Å². The molecule has 1 aliphatic rings. The molecule has 2 aromatic carbocycles. The summed E-state index contributed by atoms with van der Waals surface area (Å²) in [5.41, 5.74) is 3.00. The standard InChI is InChI=1S/C27H25N5O4/c1-2-31(18-25(33)29-20-10-11-23-24(15-20)36-14-13-35-23)27(34)22-17-32(21-8-4-3-5-9-21)30-26(22)19-7-6-12-28-16-19/h3-12,15-17H,2,13-14,18H2,1H3,(H,29,33). The number of para-hydroxylation sites is 1. The highest BCUT2D eigenvalue weighted by Gasteiger charge is 2.25. The lowest BCUT2D eigenvalue weighted by Crippen LogP contribution is -2.38. The topological polar surface area (TPSA) is 98.6 Å². The maximum Gasteiger partial charge on any atom is 0.258 e. The number of aromatic nitrogens is 3. The van der Waals surface area contributed by atoms with E-state index < -0.39 is 0 Å². The average molecular weight is 484 g/mol. The molecule has 0 saturated heterocycles. The number of rotatable bonds is 7. The van der Waals surface area contributed by atoms with Crippen molar-refractivity contribution in [3.63, 3.8) is 0 Å². The van der Waals surface area contributed by atoms with E-state index in [1.165, 1.54) is 4.90 Å². The number of ether oxygens (including phenoxy) is 2. The Morgan fingerprint density at radius 3 is 2.58 bits per heavy atom. The zero-order valence-electron chi connectivity index (χ0n) is 19.8. The van der Waals surface area contributed by atoms with E-state index in [2.05, 4.69) is 15.4 Å². The van der Waals surface area contributed by atoms with Gasteiger partial charge in [-0.25, -0.2) is 4.68 Å². The van der Waals surface area contributed by atoms with Gasteiger partial charge in [0.2, 0.25) is 5.91 Å². The van der Waals surface area contributed by atoms with Crippen molar-refractivity contribution >= 4 is 17.5 Å². The predicted molar refractivity (Wildman–Crippen MR) is 134 cm³/mol. The fraction of sp³-hybridized carbons (Fsp3) is 0.185. The van der Waals surface area contributed by atoms with Crippen molar-refractivity contribution in [3.8, 4) is 28.4 Å². The molecule has 0 atom stereocenters. The molecule has 1 N–H and O–H groups in total. The third-order valence-electron chi connectivity index (χ3n) is 5.73. The van der Waals surface area contributed by atoms with Crippen molar-refractivity contribution in [3.05, 3.63) is 84.8 Å². The number of nitrogens with zero attached hydrogens (tertiary/aromatic N) is 4. The quantitative estimate of drug-likeness (QED) is 0.429. The van der Waals surface area contributed by atoms with Crippen molar-refractivity contribution in [1.29, 1.82) is 0 Å². The van der Waals surface area contributed by atoms with Crippen LogP contribution < -0.4 is 14.8 Å². The summed E-state index contributed by atoms with van der Waals surface area (Å²) in [7, 11) is 0. The number of hydrogen-bond donors (Lipinski definition) is 1. The van der Waals surface area contributed by atoms with E-state index in [0.29, 0.717) is 53.8 Å². The maximum atomic E-state index is 13.6. The van der Waals surface area contributed by atoms with Crippen LogP contribution in [0.5, 0.6) is 11.5 Å². The summed E-state index contributed by atoms with van der Waals surface area (Å²) >= 11 is 0. The molecule has 0 bridgehead atoms. The molecule has 182 valence electrons. The summed E-state index contributed by atoms with van der Waals surface area (Å²) < 4.78 is 12.8. The number of pyridine rings is 1. The van der Waals surface area contributed by atoms with Crippen LogP contribution >= 0.6 is 0 Å². The number of likely N-dealkylation sites (N-methyl/N-ethyl adjacent to an activating group) is 1. The molecule has 0 fully saturated rings. The molecule has 4 aromatic rings. The molecular formula is C27H25N5O4. The Morgan fingerprint density at radius 2 is 1.83 bits per heavy atom. The van der Waals surface area contributed by atoms with E-state index >= 15 is 0 Å². The summed E-state index contributed by atoms with van der Waals surface area (Å²) in [6, 6.07) is 18.4. The smallest absolute Gasteiger partial charge is 0.258 e. The number of carbonyl (C=O) groups excluding carboxylic acids is 2. The molecule has 0 aliphatic carbocycles. The van der Waals surface area contributed by atoms with Crippen LogP contribution in [-0.2, 0) is 4.79 Å². The van der Waals surface area contributed by atoms with Gasteiger partial charge in [-0.2, -0.15) is 5.10 Å². The summed E-state index contributed by atoms with van der Waals surface area (Å²) in [5, 5.41) is 7.52. The van der Waals surface area contributed by atoms with Gasteiger partial charge >= 0.3 is 0 Å². The number of amides is 2. The fourth-order valence-electron chi connectivity index (χ4n) is 3.95. The van der Waals surface area contributed by atoms with E-state index in [1.807, 2.05) is 43.3 Å². The number of carbonyl (C=O) groups is 2. The first-order chi connectivity index (χ1) is 17.6. The van der Waals surface area contributed by atoms with Gasteiger partial charge in [-0.05, 0) is 43.3 Å². The Bertz CT molecular complexity index is 1370. The van der Waals surface area contributed by atoms with Gasteiger partial charge < -0.3 is 19.7 Å². The Hall–Kier alpha value is -4.66. The number of fused-ring (bicyclic) bond motifs is 1. The first-order valence-electron chi connectivity index (χ1n) is 11.7. The van der Waals surface area contributed by atoms with Gasteiger partial charge in [0, 0.05) is 42.5 Å². The molecule has 3 heterocycles. The van der Waals surface area contributed by atoms with Gasteiger partial charge in [-0.3, -0.25) is 14.6 Å². The lowest BCUT2D eigenvalue weighted by Gasteiger charge is -2.21. The SMILES string of the molecule is CCN(CC(=O)Nc1ccc2c(c1)OCCO2)C(=O)c1cn(-c2ccccc2)nc1-c1cccnc1. The normalized spacial score (nSPS) is 12.1. The lowest BCUT2D eigenvalue weighted by molar-refractivity contribution is -0.116. The highest BCUT2D eigenvalue weighted by Crippen LogP contribution is 2.32. The van der Waals surface area contributed by atoms with Crippen molar-refractivity contribution in [1.82, 2.24) is 19.7 Å². The minimum atomic E-state index is -0.319. The van der Waals surface area contributed by atoms with Crippen molar-refractivity contribution < 1.29 is 19.1 Å². The van der Waals surface area contributed by atoms with Crippen LogP contribution in [0, 0.1) is 0 Å². The van der Waals surface area contributed by atoms with Crippen LogP contribution in [0.25, 0.3) is 16.9 Å². The van der Waals surface area contributed by atoms with Crippen LogP contribution in [0.2, 0.25) is 0 Å². The summed E-state index contributed by atoms with van der Waals surface area (Å²) in [6.45, 7) is 3.01. The first kappa shape index (κ1) is 23.1. The Kier molecular flexibility index (Phi) is 6.61. The zero-order chi connectivity index (χ0) is 24.9. The highest BCUT2D eigenvalue weighted by atomic mass is 16.6. The number of anilines is 1. The molecule has 2 amide bonds. The van der Waals surface area contributed by atoms with Crippen molar-refractivity contribution in [2.45, 2.75) is 6.92 Å². The molecule has 9 heteroatoms. The molecule has 0 unspecified atom stereocenters. The van der Waals surface area contributed by atoms with E-state index in [0.717, 1.165) is 5.69 Å². The molecule has 36 heavy (non-hydrogen) atoms. The Labute approximate surface area is 208 Å². The van der Waals surface area contributed by atoms with E-state index in [9.17, 15) is 9.59 Å². The lowest BCUT2D eigenvalue weighted by atomic mass is 10.1. The Morgan fingerprint density at radius 1 is 1.03 bits per heavy atom. The fourth-order valence-corrected chi connectivity index (χ4v) is 3.95. The first-order valence-corrected chi connectivity index (χ1v) is 11.7. The van der Waals surface area contributed by atoms with Gasteiger partial charge in [0.25, 0.3) is 5.91 Å². The summed E-state index contributed by atoms with van der Waals surface area (Å²) in [5.74, 6) is 0.607. The van der Waals surface area contributed by atoms with Gasteiger partial charge in [0.15, 0.2) is 11.5 Å². The minimum Gasteiger partial charge on any atom is -0.486 e. The second-order valence-electron chi connectivity index (χ2n) is 8.14. The average Bonchev–Trinajstić information content (AvgIpc) is 3.38. The van der Waals surface area contributed by atoms with E-state index in [-0.39, 0.29) is 18.4 Å². The number of nitrogens with one attached hydrogen (secondary N) is 1. The zero-order valence-corrected chi connectivity index (χ0v) is 19.8. The highest BCUT2D eigenvalue weighted by molar-refractivity contribution is 6.02. The largest absolute Gasteiger partial charge is 0.486 e.